The van der Waals surface area contributed by atoms with E-state index in [9.17, 15) is 23.3 Å². The van der Waals surface area contributed by atoms with Crippen LogP contribution in [-0.4, -0.2) is 38.7 Å². The molecular formula is C21H27N3O6S. The van der Waals surface area contributed by atoms with Gasteiger partial charge in [-0.2, -0.15) is 0 Å². The number of anilines is 1. The Morgan fingerprint density at radius 3 is 2.45 bits per heavy atom. The molecule has 1 amide bonds. The molecule has 0 aliphatic carbocycles. The maximum absolute atomic E-state index is 13.0. The number of carbonyl (C=O) groups is 1. The number of nitrogens with one attached hydrogen (secondary N) is 1. The van der Waals surface area contributed by atoms with E-state index in [-0.39, 0.29) is 17.4 Å². The summed E-state index contributed by atoms with van der Waals surface area (Å²) < 4.78 is 31.1. The summed E-state index contributed by atoms with van der Waals surface area (Å²) in [5, 5.41) is 14.0. The second-order valence-corrected chi connectivity index (χ2v) is 9.07. The van der Waals surface area contributed by atoms with E-state index in [1.807, 2.05) is 32.0 Å². The first-order chi connectivity index (χ1) is 14.5. The lowest BCUT2D eigenvalue weighted by atomic mass is 10.0. The molecule has 0 aromatic heterocycles. The van der Waals surface area contributed by atoms with Crippen molar-refractivity contribution in [1.29, 1.82) is 0 Å². The number of hydrogen-bond donors (Lipinski definition) is 1. The number of amides is 1. The normalized spacial score (nSPS) is 13.2. The van der Waals surface area contributed by atoms with Gasteiger partial charge in [0.15, 0.2) is 0 Å². The summed E-state index contributed by atoms with van der Waals surface area (Å²) in [6.45, 7) is 5.25. The Morgan fingerprint density at radius 1 is 1.26 bits per heavy atom. The second kappa shape index (κ2) is 9.78. The van der Waals surface area contributed by atoms with Crippen molar-refractivity contribution in [3.63, 3.8) is 0 Å². The largest absolute Gasteiger partial charge is 0.496 e. The van der Waals surface area contributed by atoms with E-state index in [1.165, 1.54) is 25.1 Å². The van der Waals surface area contributed by atoms with Crippen molar-refractivity contribution in [2.24, 2.45) is 0 Å². The van der Waals surface area contributed by atoms with Gasteiger partial charge in [-0.15, -0.1) is 0 Å². The lowest BCUT2D eigenvalue weighted by molar-refractivity contribution is -0.384. The predicted molar refractivity (Wildman–Crippen MR) is 119 cm³/mol. The number of rotatable bonds is 9. The van der Waals surface area contributed by atoms with Gasteiger partial charge in [0.25, 0.3) is 5.69 Å². The smallest absolute Gasteiger partial charge is 0.271 e. The van der Waals surface area contributed by atoms with E-state index in [0.29, 0.717) is 6.42 Å². The number of methoxy groups -OCH3 is 1. The van der Waals surface area contributed by atoms with Gasteiger partial charge in [-0.1, -0.05) is 25.1 Å². The summed E-state index contributed by atoms with van der Waals surface area (Å²) in [5.74, 6) is 0.212. The van der Waals surface area contributed by atoms with Gasteiger partial charge >= 0.3 is 0 Å². The Bertz CT molecular complexity index is 1070. The molecule has 10 heteroatoms. The number of carbonyl (C=O) groups excluding carboxylic acids is 1. The van der Waals surface area contributed by atoms with Crippen LogP contribution in [0.15, 0.2) is 42.5 Å². The van der Waals surface area contributed by atoms with Crippen LogP contribution in [0.4, 0.5) is 11.4 Å². The van der Waals surface area contributed by atoms with Crippen LogP contribution in [0, 0.1) is 17.0 Å². The van der Waals surface area contributed by atoms with E-state index in [4.69, 9.17) is 4.74 Å². The Morgan fingerprint density at radius 2 is 1.94 bits per heavy atom. The third-order valence-electron chi connectivity index (χ3n) is 4.93. The molecule has 0 aliphatic heterocycles. The highest BCUT2D eigenvalue weighted by atomic mass is 32.2. The maximum atomic E-state index is 13.0. The van der Waals surface area contributed by atoms with Crippen molar-refractivity contribution in [2.75, 3.05) is 17.7 Å². The summed E-state index contributed by atoms with van der Waals surface area (Å²) in [6, 6.07) is 9.30. The molecule has 0 fully saturated rings. The number of sulfonamides is 1. The Kier molecular flexibility index (Phi) is 7.61. The summed E-state index contributed by atoms with van der Waals surface area (Å²) in [6.07, 6.45) is 1.54. The molecule has 0 bridgehead atoms. The fourth-order valence-electron chi connectivity index (χ4n) is 3.38. The molecule has 31 heavy (non-hydrogen) atoms. The highest BCUT2D eigenvalue weighted by Gasteiger charge is 2.31. The first kappa shape index (κ1) is 24.1. The fraction of sp³-hybridized carbons (Fsp3) is 0.381. The van der Waals surface area contributed by atoms with E-state index in [0.717, 1.165) is 33.5 Å². The molecule has 1 N–H and O–H groups in total. The minimum atomic E-state index is -3.89. The van der Waals surface area contributed by atoms with Crippen LogP contribution in [0.1, 0.15) is 37.4 Å². The minimum absolute atomic E-state index is 0.0488. The van der Waals surface area contributed by atoms with Gasteiger partial charge in [0.2, 0.25) is 15.9 Å². The zero-order valence-electron chi connectivity index (χ0n) is 18.2. The molecule has 2 aromatic rings. The zero-order chi connectivity index (χ0) is 23.3. The molecular weight excluding hydrogens is 422 g/mol. The number of nitro benzene ring substituents is 1. The Hall–Kier alpha value is -3.14. The predicted octanol–water partition coefficient (Wildman–Crippen LogP) is 3.33. The standard InChI is InChI=1S/C21H27N3O6S/c1-6-19(16-10-11-20(30-4)14(2)12-16)22-21(25)15(3)23(31(5,28)29)17-8-7-9-18(13-17)24(26)27/h7-13,15,19H,6H2,1-5H3,(H,22,25)/t15-,19-/m1/s1. The fourth-order valence-corrected chi connectivity index (χ4v) is 4.55. The molecule has 0 unspecified atom stereocenters. The third-order valence-corrected chi connectivity index (χ3v) is 6.17. The number of ether oxygens (including phenoxy) is 1. The Labute approximate surface area is 182 Å². The number of aryl methyl sites for hydroxylation is 1. The number of nitro groups is 1. The quantitative estimate of drug-likeness (QED) is 0.463. The van der Waals surface area contributed by atoms with Crippen molar-refractivity contribution in [2.45, 2.75) is 39.3 Å². The molecule has 168 valence electrons. The van der Waals surface area contributed by atoms with E-state index < -0.39 is 26.9 Å². The van der Waals surface area contributed by atoms with Gasteiger partial charge in [-0.3, -0.25) is 19.2 Å². The van der Waals surface area contributed by atoms with Gasteiger partial charge in [-0.25, -0.2) is 8.42 Å². The zero-order valence-corrected chi connectivity index (χ0v) is 19.0. The molecule has 0 radical (unpaired) electrons. The van der Waals surface area contributed by atoms with Crippen LogP contribution >= 0.6 is 0 Å². The van der Waals surface area contributed by atoms with Crippen molar-refractivity contribution in [3.8, 4) is 5.75 Å². The van der Waals surface area contributed by atoms with Crippen molar-refractivity contribution < 1.29 is 22.9 Å². The van der Waals surface area contributed by atoms with Crippen molar-refractivity contribution >= 4 is 27.3 Å². The van der Waals surface area contributed by atoms with E-state index >= 15 is 0 Å². The molecule has 0 aliphatic rings. The third kappa shape index (κ3) is 5.72. The number of non-ortho nitro benzene ring substituents is 1. The second-order valence-electron chi connectivity index (χ2n) is 7.21. The Balaban J connectivity index is 2.33. The van der Waals surface area contributed by atoms with Crippen LogP contribution in [0.3, 0.4) is 0 Å². The monoisotopic (exact) mass is 449 g/mol. The van der Waals surface area contributed by atoms with Gasteiger partial charge in [0.1, 0.15) is 11.8 Å². The highest BCUT2D eigenvalue weighted by molar-refractivity contribution is 7.92. The molecule has 0 saturated heterocycles. The van der Waals surface area contributed by atoms with E-state index in [2.05, 4.69) is 5.32 Å². The lowest BCUT2D eigenvalue weighted by Gasteiger charge is -2.29. The minimum Gasteiger partial charge on any atom is -0.496 e. The van der Waals surface area contributed by atoms with Crippen molar-refractivity contribution in [1.82, 2.24) is 5.32 Å². The topological polar surface area (TPSA) is 119 Å². The van der Waals surface area contributed by atoms with Crippen LogP contribution in [0.25, 0.3) is 0 Å². The molecule has 2 aromatic carbocycles. The molecule has 0 spiro atoms. The summed E-state index contributed by atoms with van der Waals surface area (Å²) in [5.41, 5.74) is 1.56. The maximum Gasteiger partial charge on any atom is 0.271 e. The van der Waals surface area contributed by atoms with Crippen LogP contribution in [0.5, 0.6) is 5.75 Å². The van der Waals surface area contributed by atoms with Crippen LogP contribution < -0.4 is 14.4 Å². The number of benzene rings is 2. The SMILES string of the molecule is CC[C@@H](NC(=O)[C@@H](C)N(c1cccc([N+](=O)[O-])c1)S(C)(=O)=O)c1ccc(OC)c(C)c1. The first-order valence-corrected chi connectivity index (χ1v) is 11.5. The number of nitrogens with zero attached hydrogens (tertiary/aromatic N) is 2. The van der Waals surface area contributed by atoms with Gasteiger partial charge < -0.3 is 10.1 Å². The van der Waals surface area contributed by atoms with Gasteiger partial charge in [-0.05, 0) is 43.5 Å². The average molecular weight is 450 g/mol. The molecule has 0 heterocycles. The molecule has 2 rings (SSSR count). The van der Waals surface area contributed by atoms with Gasteiger partial charge in [0, 0.05) is 12.1 Å². The lowest BCUT2D eigenvalue weighted by Crippen LogP contribution is -2.48. The first-order valence-electron chi connectivity index (χ1n) is 9.68. The summed E-state index contributed by atoms with van der Waals surface area (Å²) in [7, 11) is -2.31. The average Bonchev–Trinajstić information content (AvgIpc) is 2.70. The van der Waals surface area contributed by atoms with Crippen molar-refractivity contribution in [3.05, 3.63) is 63.7 Å². The summed E-state index contributed by atoms with van der Waals surface area (Å²) in [4.78, 5) is 23.5. The summed E-state index contributed by atoms with van der Waals surface area (Å²) >= 11 is 0. The number of hydrogen-bond acceptors (Lipinski definition) is 6. The molecule has 9 nitrogen and oxygen atoms in total. The van der Waals surface area contributed by atoms with E-state index in [1.54, 1.807) is 7.11 Å². The molecule has 2 atom stereocenters. The van der Waals surface area contributed by atoms with Crippen LogP contribution in [0.2, 0.25) is 0 Å². The van der Waals surface area contributed by atoms with Gasteiger partial charge in [0.05, 0.1) is 30.0 Å². The highest BCUT2D eigenvalue weighted by Crippen LogP contribution is 2.27. The molecule has 0 saturated carbocycles. The van der Waals surface area contributed by atoms with Crippen LogP contribution in [-0.2, 0) is 14.8 Å².